The molecule has 0 aromatic heterocycles. The number of phenolic OH excluding ortho intramolecular Hbond substituents is 1. The first-order valence-corrected chi connectivity index (χ1v) is 5.73. The van der Waals surface area contributed by atoms with Crippen molar-refractivity contribution in [3.63, 3.8) is 0 Å². The average Bonchev–Trinajstić information content (AvgIpc) is 2.30. The molecule has 3 heteroatoms. The maximum absolute atomic E-state index is 13.1. The number of hydrogen-bond donors (Lipinski definition) is 2. The lowest BCUT2D eigenvalue weighted by atomic mass is 9.95. The summed E-state index contributed by atoms with van der Waals surface area (Å²) in [6.07, 6.45) is 2.06. The molecule has 0 atom stereocenters. The zero-order chi connectivity index (χ0) is 12.2. The number of phenols is 1. The average molecular weight is 225 g/mol. The largest absolute Gasteiger partial charge is 0.505 e. The molecule has 0 amide bonds. The fourth-order valence-corrected chi connectivity index (χ4v) is 1.48. The first-order valence-electron chi connectivity index (χ1n) is 5.73. The number of hydrogen-bond acceptors (Lipinski definition) is 2. The van der Waals surface area contributed by atoms with E-state index < -0.39 is 5.82 Å². The van der Waals surface area contributed by atoms with Crippen molar-refractivity contribution in [2.24, 2.45) is 0 Å². The molecule has 1 aromatic carbocycles. The van der Waals surface area contributed by atoms with Gasteiger partial charge in [-0.1, -0.05) is 19.9 Å². The van der Waals surface area contributed by atoms with Crippen LogP contribution in [0, 0.1) is 5.82 Å². The van der Waals surface area contributed by atoms with E-state index in [-0.39, 0.29) is 11.3 Å². The van der Waals surface area contributed by atoms with E-state index in [1.165, 1.54) is 12.1 Å². The fraction of sp³-hybridized carbons (Fsp3) is 0.538. The minimum Gasteiger partial charge on any atom is -0.505 e. The first-order chi connectivity index (χ1) is 7.50. The van der Waals surface area contributed by atoms with Gasteiger partial charge in [0.15, 0.2) is 11.6 Å². The van der Waals surface area contributed by atoms with Gasteiger partial charge in [0.2, 0.25) is 0 Å². The summed E-state index contributed by atoms with van der Waals surface area (Å²) in [7, 11) is 0. The molecule has 0 radical (unpaired) electrons. The van der Waals surface area contributed by atoms with Crippen molar-refractivity contribution in [1.29, 1.82) is 0 Å². The summed E-state index contributed by atoms with van der Waals surface area (Å²) in [5.74, 6) is -0.855. The molecule has 0 spiro atoms. The van der Waals surface area contributed by atoms with Crippen LogP contribution in [0.1, 0.15) is 39.2 Å². The molecule has 2 N–H and O–H groups in total. The molecule has 0 bridgehead atoms. The Morgan fingerprint density at radius 1 is 1.31 bits per heavy atom. The van der Waals surface area contributed by atoms with E-state index in [9.17, 15) is 4.39 Å². The zero-order valence-corrected chi connectivity index (χ0v) is 10.2. The predicted molar refractivity (Wildman–Crippen MR) is 63.9 cm³/mol. The summed E-state index contributed by atoms with van der Waals surface area (Å²) in [5, 5.41) is 12.5. The minimum atomic E-state index is -0.561. The van der Waals surface area contributed by atoms with E-state index in [2.05, 4.69) is 26.1 Å². The minimum absolute atomic E-state index is 0.0916. The molecular weight excluding hydrogens is 205 g/mol. The molecule has 0 aliphatic carbocycles. The van der Waals surface area contributed by atoms with Crippen LogP contribution in [0.2, 0.25) is 0 Å². The maximum Gasteiger partial charge on any atom is 0.165 e. The Kier molecular flexibility index (Phi) is 4.30. The van der Waals surface area contributed by atoms with E-state index in [1.807, 2.05) is 0 Å². The van der Waals surface area contributed by atoms with Crippen molar-refractivity contribution < 1.29 is 9.50 Å². The molecule has 1 aromatic rings. The van der Waals surface area contributed by atoms with Crippen LogP contribution in [-0.4, -0.2) is 10.6 Å². The first kappa shape index (κ1) is 13.0. The Morgan fingerprint density at radius 2 is 1.94 bits per heavy atom. The second-order valence-electron chi connectivity index (χ2n) is 4.41. The van der Waals surface area contributed by atoms with E-state index in [0.717, 1.165) is 18.4 Å². The molecule has 0 aliphatic rings. The molecular formula is C13H20FNO. The number of aromatic hydroxyl groups is 1. The number of halogens is 1. The Balaban J connectivity index is 2.64. The van der Waals surface area contributed by atoms with Gasteiger partial charge >= 0.3 is 0 Å². The van der Waals surface area contributed by atoms with Crippen LogP contribution in [0.15, 0.2) is 18.2 Å². The summed E-state index contributed by atoms with van der Waals surface area (Å²) in [6, 6.07) is 4.49. The SMILES string of the molecule is CCC(C)(CC)NCc1ccc(O)c(F)c1. The second kappa shape index (κ2) is 5.30. The monoisotopic (exact) mass is 225 g/mol. The van der Waals surface area contributed by atoms with Crippen molar-refractivity contribution in [3.8, 4) is 5.75 Å². The van der Waals surface area contributed by atoms with Gasteiger partial charge in [-0.2, -0.15) is 0 Å². The van der Waals surface area contributed by atoms with Crippen LogP contribution in [-0.2, 0) is 6.54 Å². The van der Waals surface area contributed by atoms with E-state index in [1.54, 1.807) is 6.07 Å². The van der Waals surface area contributed by atoms with Gasteiger partial charge in [-0.15, -0.1) is 0 Å². The standard InChI is InChI=1S/C13H20FNO/c1-4-13(3,5-2)15-9-10-6-7-12(16)11(14)8-10/h6-8,15-16H,4-5,9H2,1-3H3. The van der Waals surface area contributed by atoms with Crippen LogP contribution < -0.4 is 5.32 Å². The molecule has 0 fully saturated rings. The van der Waals surface area contributed by atoms with Gasteiger partial charge < -0.3 is 10.4 Å². The van der Waals surface area contributed by atoms with Crippen molar-refractivity contribution in [1.82, 2.24) is 5.32 Å². The Bertz CT molecular complexity index is 348. The number of nitrogens with one attached hydrogen (secondary N) is 1. The molecule has 0 saturated heterocycles. The highest BCUT2D eigenvalue weighted by Crippen LogP contribution is 2.18. The van der Waals surface area contributed by atoms with Crippen molar-refractivity contribution in [3.05, 3.63) is 29.6 Å². The molecule has 0 unspecified atom stereocenters. The highest BCUT2D eigenvalue weighted by Gasteiger charge is 2.18. The third-order valence-corrected chi connectivity index (χ3v) is 3.29. The molecule has 1 rings (SSSR count). The van der Waals surface area contributed by atoms with Gasteiger partial charge in [-0.25, -0.2) is 4.39 Å². The smallest absolute Gasteiger partial charge is 0.165 e. The highest BCUT2D eigenvalue weighted by atomic mass is 19.1. The molecule has 0 saturated carbocycles. The summed E-state index contributed by atoms with van der Waals surface area (Å²) >= 11 is 0. The van der Waals surface area contributed by atoms with Gasteiger partial charge in [-0.05, 0) is 37.5 Å². The van der Waals surface area contributed by atoms with Crippen molar-refractivity contribution in [2.75, 3.05) is 0 Å². The van der Waals surface area contributed by atoms with Crippen LogP contribution in [0.25, 0.3) is 0 Å². The van der Waals surface area contributed by atoms with Gasteiger partial charge in [0.25, 0.3) is 0 Å². The normalized spacial score (nSPS) is 11.8. The van der Waals surface area contributed by atoms with E-state index >= 15 is 0 Å². The highest BCUT2D eigenvalue weighted by molar-refractivity contribution is 5.28. The van der Waals surface area contributed by atoms with Gasteiger partial charge in [0.1, 0.15) is 0 Å². The Hall–Kier alpha value is -1.09. The van der Waals surface area contributed by atoms with Gasteiger partial charge in [0.05, 0.1) is 0 Å². The van der Waals surface area contributed by atoms with Crippen LogP contribution in [0.5, 0.6) is 5.75 Å². The Morgan fingerprint density at radius 3 is 2.44 bits per heavy atom. The molecule has 0 aliphatic heterocycles. The van der Waals surface area contributed by atoms with Crippen LogP contribution >= 0.6 is 0 Å². The fourth-order valence-electron chi connectivity index (χ4n) is 1.48. The third kappa shape index (κ3) is 3.20. The predicted octanol–water partition coefficient (Wildman–Crippen LogP) is 3.20. The summed E-state index contributed by atoms with van der Waals surface area (Å²) in [6.45, 7) is 7.04. The lowest BCUT2D eigenvalue weighted by Gasteiger charge is -2.28. The third-order valence-electron chi connectivity index (χ3n) is 3.29. The summed E-state index contributed by atoms with van der Waals surface area (Å²) < 4.78 is 13.1. The van der Waals surface area contributed by atoms with Gasteiger partial charge in [0, 0.05) is 12.1 Å². The lowest BCUT2D eigenvalue weighted by Crippen LogP contribution is -2.40. The second-order valence-corrected chi connectivity index (χ2v) is 4.41. The zero-order valence-electron chi connectivity index (χ0n) is 10.2. The number of rotatable bonds is 5. The molecule has 0 heterocycles. The van der Waals surface area contributed by atoms with Gasteiger partial charge in [-0.3, -0.25) is 0 Å². The van der Waals surface area contributed by atoms with Crippen molar-refractivity contribution >= 4 is 0 Å². The molecule has 2 nitrogen and oxygen atoms in total. The van der Waals surface area contributed by atoms with Crippen LogP contribution in [0.4, 0.5) is 4.39 Å². The topological polar surface area (TPSA) is 32.3 Å². The molecule has 90 valence electrons. The van der Waals surface area contributed by atoms with E-state index in [0.29, 0.717) is 6.54 Å². The summed E-state index contributed by atoms with van der Waals surface area (Å²) in [4.78, 5) is 0. The van der Waals surface area contributed by atoms with Crippen LogP contribution in [0.3, 0.4) is 0 Å². The van der Waals surface area contributed by atoms with Crippen molar-refractivity contribution in [2.45, 2.75) is 45.7 Å². The lowest BCUT2D eigenvalue weighted by molar-refractivity contribution is 0.329. The molecule has 16 heavy (non-hydrogen) atoms. The Labute approximate surface area is 96.5 Å². The maximum atomic E-state index is 13.1. The van der Waals surface area contributed by atoms with E-state index in [4.69, 9.17) is 5.11 Å². The number of benzene rings is 1. The summed E-state index contributed by atoms with van der Waals surface area (Å²) in [5.41, 5.74) is 0.942. The quantitative estimate of drug-likeness (QED) is 0.806.